The molecule has 1 spiro atoms. The zero-order valence-corrected chi connectivity index (χ0v) is 41.8. The van der Waals surface area contributed by atoms with Crippen LogP contribution in [0.15, 0.2) is 200 Å². The van der Waals surface area contributed by atoms with Gasteiger partial charge in [-0.15, -0.1) is 18.3 Å². The maximum absolute atomic E-state index is 7.68. The number of hydrogen-bond acceptors (Lipinski definition) is 2. The van der Waals surface area contributed by atoms with Crippen molar-refractivity contribution < 1.29 is 4.42 Å². The Morgan fingerprint density at radius 1 is 0.703 bits per heavy atom. The highest BCUT2D eigenvalue weighted by molar-refractivity contribution is 6.55. The fourth-order valence-corrected chi connectivity index (χ4v) is 11.7. The van der Waals surface area contributed by atoms with Crippen molar-refractivity contribution in [2.24, 2.45) is 0 Å². The number of fused-ring (bicyclic) bond motifs is 10. The average Bonchev–Trinajstić information content (AvgIpc) is 4.09. The van der Waals surface area contributed by atoms with Crippen LogP contribution in [0.2, 0.25) is 6.22 Å². The summed E-state index contributed by atoms with van der Waals surface area (Å²) in [6, 6.07) is 46.7. The zero-order valence-electron chi connectivity index (χ0n) is 41.8. The molecule has 11 rings (SSSR count). The lowest BCUT2D eigenvalue weighted by Gasteiger charge is -2.36. The van der Waals surface area contributed by atoms with Crippen LogP contribution in [0.4, 0.5) is 11.4 Å². The largest absolute Gasteiger partial charge is 0.455 e. The van der Waals surface area contributed by atoms with Crippen LogP contribution >= 0.6 is 0 Å². The third kappa shape index (κ3) is 8.08. The first-order valence-electron chi connectivity index (χ1n) is 25.1. The van der Waals surface area contributed by atoms with Crippen molar-refractivity contribution in [3.8, 4) is 33.4 Å². The second-order valence-corrected chi connectivity index (χ2v) is 18.8. The SMILES string of the molecule is [B]C(=C)c1c(C=C)oc2c(-c3ccc(N(/C=C\C(=C/C=C)c4ccccc4)c4ccc(-c5ccccc5)cc4)cc3)c3c(c([B])c12)-c1c([B])c(CCC)c([B])c([B])c1C31C2=C(CCC=C2)c2ccccc21.[B]C[B]. The molecule has 14 radical (unpaired) electrons. The van der Waals surface area contributed by atoms with Crippen molar-refractivity contribution >= 4 is 122 Å². The Balaban J connectivity index is 0.00000204. The minimum absolute atomic E-state index is 0.250. The lowest BCUT2D eigenvalue weighted by Crippen LogP contribution is -2.44. The minimum atomic E-state index is -0.970. The van der Waals surface area contributed by atoms with Crippen LogP contribution in [0.3, 0.4) is 0 Å². The molecule has 0 saturated carbocycles. The fourth-order valence-electron chi connectivity index (χ4n) is 11.7. The number of anilines is 2. The van der Waals surface area contributed by atoms with Crippen molar-refractivity contribution in [3.63, 3.8) is 0 Å². The second-order valence-electron chi connectivity index (χ2n) is 18.8. The predicted octanol–water partition coefficient (Wildman–Crippen LogP) is 11.7. The summed E-state index contributed by atoms with van der Waals surface area (Å²) in [7, 11) is 45.8. The van der Waals surface area contributed by atoms with Gasteiger partial charge in [0, 0.05) is 34.1 Å². The van der Waals surface area contributed by atoms with Crippen molar-refractivity contribution in [2.45, 2.75) is 44.2 Å². The third-order valence-electron chi connectivity index (χ3n) is 14.7. The third-order valence-corrected chi connectivity index (χ3v) is 14.7. The Bertz CT molecular complexity index is 3660. The van der Waals surface area contributed by atoms with Gasteiger partial charge in [0.25, 0.3) is 0 Å². The minimum Gasteiger partial charge on any atom is -0.455 e. The number of allylic oxidation sites excluding steroid dienone is 8. The highest BCUT2D eigenvalue weighted by Crippen LogP contribution is 2.65. The Morgan fingerprint density at radius 2 is 1.31 bits per heavy atom. The van der Waals surface area contributed by atoms with Crippen LogP contribution in [0.1, 0.15) is 70.9 Å². The van der Waals surface area contributed by atoms with Gasteiger partial charge in [0.05, 0.1) is 21.1 Å². The van der Waals surface area contributed by atoms with E-state index >= 15 is 0 Å². The second kappa shape index (κ2) is 20.8. The van der Waals surface area contributed by atoms with Gasteiger partial charge in [0.2, 0.25) is 0 Å². The van der Waals surface area contributed by atoms with Crippen LogP contribution < -0.4 is 26.8 Å². The van der Waals surface area contributed by atoms with Crippen molar-refractivity contribution in [3.05, 3.63) is 240 Å². The zero-order chi connectivity index (χ0) is 51.8. The van der Waals surface area contributed by atoms with Gasteiger partial charge in [-0.1, -0.05) is 187 Å². The van der Waals surface area contributed by atoms with Crippen LogP contribution in [0, 0.1) is 0 Å². The van der Waals surface area contributed by atoms with Gasteiger partial charge in [0.1, 0.15) is 50.6 Å². The summed E-state index contributed by atoms with van der Waals surface area (Å²) in [6.07, 6.45) is 17.8. The quantitative estimate of drug-likeness (QED) is 0.0896. The normalized spacial score (nSPS) is 15.1. The number of hydrogen-bond donors (Lipinski definition) is 0. The van der Waals surface area contributed by atoms with E-state index in [0.29, 0.717) is 56.0 Å². The maximum Gasteiger partial charge on any atom is 0.142 e. The van der Waals surface area contributed by atoms with Gasteiger partial charge in [-0.25, -0.2) is 0 Å². The molecule has 0 N–H and O–H groups in total. The summed E-state index contributed by atoms with van der Waals surface area (Å²) in [5.74, 6) is 0.479. The van der Waals surface area contributed by atoms with Gasteiger partial charge in [0.15, 0.2) is 0 Å². The summed E-state index contributed by atoms with van der Waals surface area (Å²) >= 11 is 0. The van der Waals surface area contributed by atoms with E-state index in [-0.39, 0.29) is 6.22 Å². The molecule has 1 aromatic heterocycles. The summed E-state index contributed by atoms with van der Waals surface area (Å²) < 4.78 is 7.00. The first-order valence-corrected chi connectivity index (χ1v) is 25.1. The summed E-state index contributed by atoms with van der Waals surface area (Å²) in [5, 5.41) is 0.644. The molecule has 0 amide bonds. The predicted molar refractivity (Wildman–Crippen MR) is 323 cm³/mol. The van der Waals surface area contributed by atoms with Crippen LogP contribution in [-0.4, -0.2) is 54.9 Å². The Kier molecular flexibility index (Phi) is 14.1. The van der Waals surface area contributed by atoms with E-state index in [1.54, 1.807) is 6.08 Å². The van der Waals surface area contributed by atoms with Gasteiger partial charge in [-0.05, 0) is 128 Å². The van der Waals surface area contributed by atoms with Crippen LogP contribution in [-0.2, 0) is 11.8 Å². The van der Waals surface area contributed by atoms with E-state index < -0.39 is 5.41 Å². The molecule has 9 heteroatoms. The number of furan rings is 1. The van der Waals surface area contributed by atoms with E-state index in [4.69, 9.17) is 43.6 Å². The fraction of sp³-hybridized carbons (Fsp3) is 0.108. The van der Waals surface area contributed by atoms with Crippen LogP contribution in [0.5, 0.6) is 0 Å². The molecule has 3 aliphatic carbocycles. The molecule has 7 aromatic carbocycles. The van der Waals surface area contributed by atoms with E-state index in [9.17, 15) is 0 Å². The standard InChI is InChI=1S/C64H46B5NO.CH2B2/c1-5-18-39(40-20-10-8-11-21-40)36-37-70(44-32-28-42(29-33-44)41-22-12-9-13-23-41)45-34-30-43(31-35-45)53-57-54(61(68)56-52(38(4)65)51(7-3)71-63(53)56)55-58(62(69)60(67)48(19-6-2)59(55)66)64(57)49-26-16-14-24-46(49)47-25-15-17-27-50(47)64;2-1-3/h5,7-14,16-18,20-24,26-37H,1,3-4,6,15,19,25H2,2H3;1H2/b37-36-,39-18+;. The van der Waals surface area contributed by atoms with E-state index in [2.05, 4.69) is 181 Å². The molecular formula is C65H48B7NO. The van der Waals surface area contributed by atoms with Gasteiger partial charge >= 0.3 is 0 Å². The number of rotatable bonds is 12. The van der Waals surface area contributed by atoms with Crippen molar-refractivity contribution in [1.29, 1.82) is 0 Å². The molecule has 0 fully saturated rings. The summed E-state index contributed by atoms with van der Waals surface area (Å²) in [5.41, 5.74) is 19.4. The first-order chi connectivity index (χ1) is 36.0. The van der Waals surface area contributed by atoms with Crippen LogP contribution in [0.25, 0.3) is 67.0 Å². The Labute approximate surface area is 446 Å². The molecule has 1 atom stereocenters. The molecule has 0 bridgehead atoms. The van der Waals surface area contributed by atoms with Crippen molar-refractivity contribution in [2.75, 3.05) is 4.90 Å². The maximum atomic E-state index is 7.68. The van der Waals surface area contributed by atoms with E-state index in [1.165, 1.54) is 11.1 Å². The molecule has 3 aliphatic rings. The number of benzene rings is 7. The molecule has 0 aliphatic heterocycles. The molecule has 74 heavy (non-hydrogen) atoms. The lowest BCUT2D eigenvalue weighted by molar-refractivity contribution is 0.603. The molecular weight excluding hydrogens is 886 g/mol. The highest BCUT2D eigenvalue weighted by Gasteiger charge is 2.56. The summed E-state index contributed by atoms with van der Waals surface area (Å²) in [4.78, 5) is 2.20. The molecule has 1 unspecified atom stereocenters. The molecule has 0 saturated heterocycles. The molecule has 2 nitrogen and oxygen atoms in total. The monoisotopic (exact) mass is 935 g/mol. The van der Waals surface area contributed by atoms with E-state index in [1.807, 2.05) is 36.4 Å². The Morgan fingerprint density at radius 3 is 1.95 bits per heavy atom. The molecule has 1 heterocycles. The van der Waals surface area contributed by atoms with Gasteiger partial charge < -0.3 is 9.32 Å². The molecule has 340 valence electrons. The summed E-state index contributed by atoms with van der Waals surface area (Å²) in [6.45, 7) is 14.5. The number of nitrogens with zero attached hydrogens (tertiary/aromatic N) is 1. The lowest BCUT2D eigenvalue weighted by atomic mass is 9.60. The van der Waals surface area contributed by atoms with Gasteiger partial charge in [-0.3, -0.25) is 0 Å². The topological polar surface area (TPSA) is 16.4 Å². The highest BCUT2D eigenvalue weighted by atomic mass is 16.3. The average molecular weight is 935 g/mol. The smallest absolute Gasteiger partial charge is 0.142 e. The molecule has 8 aromatic rings. The Hall–Kier alpha value is -7.49. The van der Waals surface area contributed by atoms with E-state index in [0.717, 1.165) is 103 Å². The van der Waals surface area contributed by atoms with Gasteiger partial charge in [-0.2, -0.15) is 0 Å². The van der Waals surface area contributed by atoms with Crippen molar-refractivity contribution in [1.82, 2.24) is 0 Å². The first kappa shape index (κ1) is 50.1.